The minimum Gasteiger partial charge on any atom is -0.507 e. The predicted molar refractivity (Wildman–Crippen MR) is 80.1 cm³/mol. The van der Waals surface area contributed by atoms with Gasteiger partial charge in [-0.15, -0.1) is 0 Å². The lowest BCUT2D eigenvalue weighted by Gasteiger charge is -2.06. The molecule has 0 aliphatic heterocycles. The second-order valence-electron chi connectivity index (χ2n) is 4.76. The number of aromatic hydroxyl groups is 1. The first-order valence-corrected chi connectivity index (χ1v) is 6.54. The van der Waals surface area contributed by atoms with Crippen molar-refractivity contribution in [2.45, 2.75) is 20.4 Å². The van der Waals surface area contributed by atoms with Crippen LogP contribution in [-0.2, 0) is 6.54 Å². The molecule has 0 saturated heterocycles. The SMILES string of the molecule is CC(Cn1cnc([N+](=O)[O-])n1)=NNC(=O)c1cccc(C)c1O. The van der Waals surface area contributed by atoms with Gasteiger partial charge in [-0.25, -0.2) is 5.43 Å². The molecule has 1 amide bonds. The molecule has 0 atom stereocenters. The number of hydrogen-bond donors (Lipinski definition) is 2. The van der Waals surface area contributed by atoms with Gasteiger partial charge in [0, 0.05) is 5.10 Å². The van der Waals surface area contributed by atoms with Crippen LogP contribution in [0.2, 0.25) is 0 Å². The van der Waals surface area contributed by atoms with Crippen LogP contribution in [0.5, 0.6) is 5.75 Å². The first-order chi connectivity index (χ1) is 10.9. The molecular formula is C13H14N6O4. The average Bonchev–Trinajstić information content (AvgIpc) is 2.96. The third-order valence-corrected chi connectivity index (χ3v) is 2.91. The Bertz CT molecular complexity index is 783. The minimum absolute atomic E-state index is 0.107. The number of rotatable bonds is 5. The minimum atomic E-state index is -0.703. The zero-order chi connectivity index (χ0) is 17.0. The Hall–Kier alpha value is -3.30. The molecule has 0 bridgehead atoms. The maximum absolute atomic E-state index is 12.0. The zero-order valence-electron chi connectivity index (χ0n) is 12.4. The van der Waals surface area contributed by atoms with Crippen LogP contribution < -0.4 is 5.43 Å². The van der Waals surface area contributed by atoms with Crippen molar-refractivity contribution < 1.29 is 14.8 Å². The Kier molecular flexibility index (Phi) is 4.64. The van der Waals surface area contributed by atoms with E-state index in [0.29, 0.717) is 11.3 Å². The molecule has 0 saturated carbocycles. The number of benzene rings is 1. The van der Waals surface area contributed by atoms with Gasteiger partial charge in [-0.2, -0.15) is 9.78 Å². The summed E-state index contributed by atoms with van der Waals surface area (Å²) in [6.07, 6.45) is 1.20. The van der Waals surface area contributed by atoms with E-state index in [1.54, 1.807) is 26.0 Å². The summed E-state index contributed by atoms with van der Waals surface area (Å²) >= 11 is 0. The number of nitrogens with zero attached hydrogens (tertiary/aromatic N) is 5. The van der Waals surface area contributed by atoms with Gasteiger partial charge in [0.25, 0.3) is 5.91 Å². The molecule has 1 aromatic carbocycles. The summed E-state index contributed by atoms with van der Waals surface area (Å²) in [7, 11) is 0. The van der Waals surface area contributed by atoms with Crippen LogP contribution in [0.4, 0.5) is 5.95 Å². The highest BCUT2D eigenvalue weighted by atomic mass is 16.6. The van der Waals surface area contributed by atoms with E-state index in [4.69, 9.17) is 0 Å². The number of hydrogen-bond acceptors (Lipinski definition) is 7. The number of nitro groups is 1. The number of amides is 1. The fourth-order valence-corrected chi connectivity index (χ4v) is 1.76. The van der Waals surface area contributed by atoms with Crippen molar-refractivity contribution in [1.82, 2.24) is 20.2 Å². The standard InChI is InChI=1S/C13H14N6O4/c1-8-4-3-5-10(11(8)20)12(21)16-15-9(2)6-18-7-14-13(17-18)19(22)23/h3-5,7,20H,6H2,1-2H3,(H,16,21). The lowest BCUT2D eigenvalue weighted by Crippen LogP contribution is -2.21. The Balaban J connectivity index is 2.02. The van der Waals surface area contributed by atoms with Crippen LogP contribution in [-0.4, -0.2) is 36.4 Å². The van der Waals surface area contributed by atoms with Crippen molar-refractivity contribution in [1.29, 1.82) is 0 Å². The fourth-order valence-electron chi connectivity index (χ4n) is 1.76. The quantitative estimate of drug-likeness (QED) is 0.479. The topological polar surface area (TPSA) is 136 Å². The van der Waals surface area contributed by atoms with Crippen molar-refractivity contribution in [3.63, 3.8) is 0 Å². The highest BCUT2D eigenvalue weighted by Crippen LogP contribution is 2.20. The van der Waals surface area contributed by atoms with Gasteiger partial charge in [-0.05, 0) is 30.4 Å². The number of phenols is 1. The summed E-state index contributed by atoms with van der Waals surface area (Å²) in [5.41, 5.74) is 3.45. The average molecular weight is 318 g/mol. The van der Waals surface area contributed by atoms with E-state index in [1.807, 2.05) is 0 Å². The van der Waals surface area contributed by atoms with E-state index in [-0.39, 0.29) is 17.9 Å². The van der Waals surface area contributed by atoms with Crippen LogP contribution in [0.15, 0.2) is 29.6 Å². The lowest BCUT2D eigenvalue weighted by atomic mass is 10.1. The summed E-state index contributed by atoms with van der Waals surface area (Å²) in [6, 6.07) is 4.80. The number of para-hydroxylation sites is 1. The van der Waals surface area contributed by atoms with Gasteiger partial charge in [0.1, 0.15) is 5.75 Å². The molecule has 2 N–H and O–H groups in total. The van der Waals surface area contributed by atoms with E-state index >= 15 is 0 Å². The number of aryl methyl sites for hydroxylation is 1. The Morgan fingerprint density at radius 1 is 1.52 bits per heavy atom. The smallest absolute Gasteiger partial charge is 0.490 e. The summed E-state index contributed by atoms with van der Waals surface area (Å²) in [5.74, 6) is -1.17. The zero-order valence-corrected chi connectivity index (χ0v) is 12.4. The maximum Gasteiger partial charge on any atom is 0.490 e. The Morgan fingerprint density at radius 2 is 2.26 bits per heavy atom. The molecule has 10 nitrogen and oxygen atoms in total. The number of carbonyl (C=O) groups is 1. The van der Waals surface area contributed by atoms with Gasteiger partial charge < -0.3 is 15.2 Å². The van der Waals surface area contributed by atoms with E-state index < -0.39 is 16.8 Å². The summed E-state index contributed by atoms with van der Waals surface area (Å²) < 4.78 is 1.23. The molecule has 120 valence electrons. The number of phenolic OH excluding ortho intramolecular Hbond substituents is 1. The number of aromatic nitrogens is 3. The first-order valence-electron chi connectivity index (χ1n) is 6.54. The van der Waals surface area contributed by atoms with Crippen molar-refractivity contribution in [2.75, 3.05) is 0 Å². The van der Waals surface area contributed by atoms with E-state index in [2.05, 4.69) is 20.6 Å². The van der Waals surface area contributed by atoms with Crippen LogP contribution in [0, 0.1) is 17.0 Å². The second kappa shape index (κ2) is 6.64. The van der Waals surface area contributed by atoms with E-state index in [0.717, 1.165) is 0 Å². The largest absolute Gasteiger partial charge is 0.507 e. The highest BCUT2D eigenvalue weighted by molar-refractivity contribution is 5.97. The second-order valence-corrected chi connectivity index (χ2v) is 4.76. The van der Waals surface area contributed by atoms with Crippen LogP contribution in [0.25, 0.3) is 0 Å². The molecule has 0 unspecified atom stereocenters. The van der Waals surface area contributed by atoms with E-state index in [1.165, 1.54) is 17.1 Å². The molecule has 10 heteroatoms. The molecule has 1 aromatic heterocycles. The summed E-state index contributed by atoms with van der Waals surface area (Å²) in [5, 5.41) is 27.8. The van der Waals surface area contributed by atoms with Crippen LogP contribution in [0.1, 0.15) is 22.8 Å². The van der Waals surface area contributed by atoms with Gasteiger partial charge >= 0.3 is 5.95 Å². The summed E-state index contributed by atoms with van der Waals surface area (Å²) in [6.45, 7) is 3.42. The number of hydrazone groups is 1. The number of carbonyl (C=O) groups excluding carboxylic acids is 1. The van der Waals surface area contributed by atoms with Crippen molar-refractivity contribution >= 4 is 17.6 Å². The molecule has 0 fully saturated rings. The third kappa shape index (κ3) is 3.87. The molecule has 1 heterocycles. The monoisotopic (exact) mass is 318 g/mol. The highest BCUT2D eigenvalue weighted by Gasteiger charge is 2.14. The third-order valence-electron chi connectivity index (χ3n) is 2.91. The van der Waals surface area contributed by atoms with Crippen molar-refractivity contribution in [3.05, 3.63) is 45.8 Å². The van der Waals surface area contributed by atoms with Crippen LogP contribution in [0.3, 0.4) is 0 Å². The molecule has 2 rings (SSSR count). The predicted octanol–water partition coefficient (Wildman–Crippen LogP) is 1.01. The van der Waals surface area contributed by atoms with Gasteiger partial charge in [-0.1, -0.05) is 17.1 Å². The van der Waals surface area contributed by atoms with Crippen molar-refractivity contribution in [2.24, 2.45) is 5.10 Å². The van der Waals surface area contributed by atoms with Crippen molar-refractivity contribution in [3.8, 4) is 5.75 Å². The number of nitrogens with one attached hydrogen (secondary N) is 1. The first kappa shape index (κ1) is 16.1. The van der Waals surface area contributed by atoms with Gasteiger partial charge in [0.2, 0.25) is 6.33 Å². The molecule has 0 aliphatic rings. The summed E-state index contributed by atoms with van der Waals surface area (Å²) in [4.78, 5) is 25.3. The fraction of sp³-hybridized carbons (Fsp3) is 0.231. The molecule has 2 aromatic rings. The van der Waals surface area contributed by atoms with Gasteiger partial charge in [0.05, 0.1) is 17.8 Å². The van der Waals surface area contributed by atoms with E-state index in [9.17, 15) is 20.0 Å². The molecule has 0 aliphatic carbocycles. The molecule has 0 spiro atoms. The molecule has 23 heavy (non-hydrogen) atoms. The lowest BCUT2D eigenvalue weighted by molar-refractivity contribution is -0.394. The van der Waals surface area contributed by atoms with Gasteiger partial charge in [0.15, 0.2) is 0 Å². The van der Waals surface area contributed by atoms with Gasteiger partial charge in [-0.3, -0.25) is 4.79 Å². The Morgan fingerprint density at radius 3 is 2.91 bits per heavy atom. The molecule has 0 radical (unpaired) electrons. The normalized spacial score (nSPS) is 11.3. The van der Waals surface area contributed by atoms with Crippen LogP contribution >= 0.6 is 0 Å². The molecular weight excluding hydrogens is 304 g/mol. The maximum atomic E-state index is 12.0. The Labute approximate surface area is 130 Å².